The summed E-state index contributed by atoms with van der Waals surface area (Å²) in [5.41, 5.74) is -0.663. The monoisotopic (exact) mass is 255 g/mol. The molecule has 0 radical (unpaired) electrons. The number of nitrogens with zero attached hydrogens (tertiary/aromatic N) is 1. The topological polar surface area (TPSA) is 49.8 Å². The van der Waals surface area contributed by atoms with Gasteiger partial charge in [0.15, 0.2) is 0 Å². The molecule has 1 aliphatic heterocycles. The molecule has 0 aromatic carbocycles. The van der Waals surface area contributed by atoms with Gasteiger partial charge in [-0.05, 0) is 32.2 Å². The van der Waals surface area contributed by atoms with E-state index in [1.54, 1.807) is 0 Å². The van der Waals surface area contributed by atoms with Crippen molar-refractivity contribution in [3.8, 4) is 0 Å². The van der Waals surface area contributed by atoms with Crippen LogP contribution in [0.3, 0.4) is 0 Å². The molecular weight excluding hydrogens is 230 g/mol. The minimum absolute atomic E-state index is 0.372. The highest BCUT2D eigenvalue weighted by atomic mass is 16.5. The van der Waals surface area contributed by atoms with Crippen LogP contribution in [0, 0.1) is 11.3 Å². The van der Waals surface area contributed by atoms with Crippen LogP contribution in [0.25, 0.3) is 0 Å². The second-order valence-electron chi connectivity index (χ2n) is 6.09. The lowest BCUT2D eigenvalue weighted by atomic mass is 9.85. The fraction of sp³-hybridized carbons (Fsp3) is 0.929. The zero-order valence-corrected chi connectivity index (χ0v) is 11.4. The summed E-state index contributed by atoms with van der Waals surface area (Å²) in [5, 5.41) is 9.41. The van der Waals surface area contributed by atoms with Crippen molar-refractivity contribution in [2.45, 2.75) is 38.5 Å². The molecule has 2 fully saturated rings. The van der Waals surface area contributed by atoms with Crippen molar-refractivity contribution in [1.82, 2.24) is 4.90 Å². The second kappa shape index (κ2) is 6.02. The van der Waals surface area contributed by atoms with Crippen LogP contribution in [0.5, 0.6) is 0 Å². The van der Waals surface area contributed by atoms with Crippen molar-refractivity contribution < 1.29 is 14.6 Å². The van der Waals surface area contributed by atoms with Crippen molar-refractivity contribution in [2.75, 3.05) is 33.4 Å². The Hall–Kier alpha value is -0.610. The molecule has 0 amide bonds. The van der Waals surface area contributed by atoms with Crippen LogP contribution < -0.4 is 0 Å². The lowest BCUT2D eigenvalue weighted by Crippen LogP contribution is -2.43. The first kappa shape index (κ1) is 13.8. The average Bonchev–Trinajstić information content (AvgIpc) is 2.80. The van der Waals surface area contributed by atoms with Crippen molar-refractivity contribution in [3.05, 3.63) is 0 Å². The molecule has 1 heterocycles. The zero-order chi connectivity index (χ0) is 13.0. The molecule has 104 valence electrons. The van der Waals surface area contributed by atoms with Gasteiger partial charge in [0, 0.05) is 19.7 Å². The number of hydrogen-bond acceptors (Lipinski definition) is 3. The van der Waals surface area contributed by atoms with Gasteiger partial charge in [0.1, 0.15) is 5.41 Å². The quantitative estimate of drug-likeness (QED) is 0.816. The first-order chi connectivity index (χ1) is 8.62. The minimum atomic E-state index is -0.699. The van der Waals surface area contributed by atoms with Gasteiger partial charge in [0.05, 0.1) is 6.61 Å². The molecule has 0 aromatic rings. The summed E-state index contributed by atoms with van der Waals surface area (Å²) in [6.45, 7) is 2.62. The van der Waals surface area contributed by atoms with Gasteiger partial charge in [-0.1, -0.05) is 19.3 Å². The highest BCUT2D eigenvalue weighted by molar-refractivity contribution is 5.75. The predicted octanol–water partition coefficient (Wildman–Crippen LogP) is 1.99. The molecule has 4 heteroatoms. The van der Waals surface area contributed by atoms with Crippen LogP contribution in [0.15, 0.2) is 0 Å². The van der Waals surface area contributed by atoms with Gasteiger partial charge in [-0.15, -0.1) is 0 Å². The third-order valence-corrected chi connectivity index (χ3v) is 4.42. The number of carboxylic acids is 1. The molecular formula is C14H25NO3. The van der Waals surface area contributed by atoms with Gasteiger partial charge in [-0.3, -0.25) is 4.79 Å². The Morgan fingerprint density at radius 3 is 2.67 bits per heavy atom. The fourth-order valence-electron chi connectivity index (χ4n) is 3.36. The van der Waals surface area contributed by atoms with Gasteiger partial charge in [-0.25, -0.2) is 0 Å². The van der Waals surface area contributed by atoms with Gasteiger partial charge in [-0.2, -0.15) is 0 Å². The summed E-state index contributed by atoms with van der Waals surface area (Å²) >= 11 is 0. The Morgan fingerprint density at radius 1 is 1.39 bits per heavy atom. The number of ether oxygens (including phenoxy) is 1. The SMILES string of the molecule is CN(CC1CCCCC1)CC1(C(=O)O)CCOC1. The Morgan fingerprint density at radius 2 is 2.11 bits per heavy atom. The molecule has 1 atom stereocenters. The van der Waals surface area contributed by atoms with Crippen molar-refractivity contribution in [3.63, 3.8) is 0 Å². The molecule has 2 rings (SSSR count). The maximum Gasteiger partial charge on any atom is 0.313 e. The first-order valence-electron chi connectivity index (χ1n) is 7.12. The summed E-state index contributed by atoms with van der Waals surface area (Å²) in [5.74, 6) is 0.0624. The molecule has 4 nitrogen and oxygen atoms in total. The lowest BCUT2D eigenvalue weighted by Gasteiger charge is -2.32. The molecule has 1 unspecified atom stereocenters. The van der Waals surface area contributed by atoms with Crippen LogP contribution in [-0.4, -0.2) is 49.3 Å². The largest absolute Gasteiger partial charge is 0.481 e. The average molecular weight is 255 g/mol. The molecule has 18 heavy (non-hydrogen) atoms. The van der Waals surface area contributed by atoms with E-state index in [9.17, 15) is 9.90 Å². The molecule has 0 bridgehead atoms. The maximum absolute atomic E-state index is 11.4. The Balaban J connectivity index is 1.84. The van der Waals surface area contributed by atoms with Gasteiger partial charge in [0.2, 0.25) is 0 Å². The second-order valence-corrected chi connectivity index (χ2v) is 6.09. The number of carbonyl (C=O) groups is 1. The molecule has 1 saturated carbocycles. The normalized spacial score (nSPS) is 29.9. The Bertz CT molecular complexity index is 281. The summed E-state index contributed by atoms with van der Waals surface area (Å²) < 4.78 is 5.31. The van der Waals surface area contributed by atoms with E-state index in [1.807, 2.05) is 0 Å². The van der Waals surface area contributed by atoms with Crippen LogP contribution in [-0.2, 0) is 9.53 Å². The Labute approximate surface area is 109 Å². The van der Waals surface area contributed by atoms with Gasteiger partial charge < -0.3 is 14.7 Å². The maximum atomic E-state index is 11.4. The predicted molar refractivity (Wildman–Crippen MR) is 69.6 cm³/mol. The van der Waals surface area contributed by atoms with E-state index in [4.69, 9.17) is 4.74 Å². The first-order valence-corrected chi connectivity index (χ1v) is 7.12. The summed E-state index contributed by atoms with van der Waals surface area (Å²) in [4.78, 5) is 13.7. The number of carboxylic acid groups (broad SMARTS) is 1. The van der Waals surface area contributed by atoms with Crippen molar-refractivity contribution in [1.29, 1.82) is 0 Å². The van der Waals surface area contributed by atoms with Gasteiger partial charge in [0.25, 0.3) is 0 Å². The highest BCUT2D eigenvalue weighted by Crippen LogP contribution is 2.31. The third-order valence-electron chi connectivity index (χ3n) is 4.42. The number of hydrogen-bond donors (Lipinski definition) is 1. The Kier molecular flexibility index (Phi) is 4.62. The van der Waals surface area contributed by atoms with E-state index in [0.717, 1.165) is 12.5 Å². The van der Waals surface area contributed by atoms with Crippen molar-refractivity contribution >= 4 is 5.97 Å². The standard InChI is InChI=1S/C14H25NO3/c1-15(9-12-5-3-2-4-6-12)10-14(13(16)17)7-8-18-11-14/h12H,2-11H2,1H3,(H,16,17). The summed E-state index contributed by atoms with van der Waals surface area (Å²) in [6.07, 6.45) is 7.31. The molecule has 0 aromatic heterocycles. The third kappa shape index (κ3) is 3.23. The van der Waals surface area contributed by atoms with E-state index in [2.05, 4.69) is 11.9 Å². The highest BCUT2D eigenvalue weighted by Gasteiger charge is 2.43. The van der Waals surface area contributed by atoms with Crippen LogP contribution in [0.4, 0.5) is 0 Å². The van der Waals surface area contributed by atoms with Crippen LogP contribution in [0.1, 0.15) is 38.5 Å². The van der Waals surface area contributed by atoms with E-state index >= 15 is 0 Å². The molecule has 1 saturated heterocycles. The fourth-order valence-corrected chi connectivity index (χ4v) is 3.36. The van der Waals surface area contributed by atoms with Crippen LogP contribution >= 0.6 is 0 Å². The summed E-state index contributed by atoms with van der Waals surface area (Å²) in [6, 6.07) is 0. The van der Waals surface area contributed by atoms with E-state index in [0.29, 0.717) is 26.2 Å². The molecule has 2 aliphatic rings. The molecule has 1 aliphatic carbocycles. The smallest absolute Gasteiger partial charge is 0.313 e. The molecule has 0 spiro atoms. The van der Waals surface area contributed by atoms with Crippen LogP contribution in [0.2, 0.25) is 0 Å². The van der Waals surface area contributed by atoms with Crippen molar-refractivity contribution in [2.24, 2.45) is 11.3 Å². The van der Waals surface area contributed by atoms with E-state index in [-0.39, 0.29) is 0 Å². The zero-order valence-electron chi connectivity index (χ0n) is 11.4. The van der Waals surface area contributed by atoms with E-state index in [1.165, 1.54) is 32.1 Å². The number of rotatable bonds is 5. The molecule has 1 N–H and O–H groups in total. The summed E-state index contributed by atoms with van der Waals surface area (Å²) in [7, 11) is 2.05. The van der Waals surface area contributed by atoms with E-state index < -0.39 is 11.4 Å². The lowest BCUT2D eigenvalue weighted by molar-refractivity contribution is -0.150. The minimum Gasteiger partial charge on any atom is -0.481 e. The number of aliphatic carboxylic acids is 1. The van der Waals surface area contributed by atoms with Gasteiger partial charge >= 0.3 is 5.97 Å².